The zero-order chi connectivity index (χ0) is 11.8. The number of hydrogen-bond donors (Lipinski definition) is 3. The number of rotatable bonds is 2. The summed E-state index contributed by atoms with van der Waals surface area (Å²) in [6, 6.07) is 14.1. The lowest BCUT2D eigenvalue weighted by atomic mass is 10.1. The summed E-state index contributed by atoms with van der Waals surface area (Å²) < 4.78 is 0. The number of phenols is 2. The summed E-state index contributed by atoms with van der Waals surface area (Å²) in [4.78, 5) is 0. The first-order chi connectivity index (χ1) is 8.24. The summed E-state index contributed by atoms with van der Waals surface area (Å²) in [7, 11) is 0. The minimum atomic E-state index is 0.258. The van der Waals surface area contributed by atoms with Crippen LogP contribution in [0.4, 0.5) is 0 Å². The summed E-state index contributed by atoms with van der Waals surface area (Å²) in [5.41, 5.74) is 4.05. The summed E-state index contributed by atoms with van der Waals surface area (Å²) in [6.07, 6.45) is 0. The molecule has 0 unspecified atom stereocenters. The SMILES string of the molecule is Oc1ccc(C2=C(c3cccc(O)c3)N2)cc1. The molecule has 0 atom stereocenters. The number of nitrogens with one attached hydrogen (secondary N) is 1. The second-order valence-electron chi connectivity index (χ2n) is 3.97. The highest BCUT2D eigenvalue weighted by atomic mass is 16.3. The van der Waals surface area contributed by atoms with E-state index in [4.69, 9.17) is 0 Å². The molecule has 3 heteroatoms. The van der Waals surface area contributed by atoms with Gasteiger partial charge in [-0.3, -0.25) is 0 Å². The highest BCUT2D eigenvalue weighted by molar-refractivity contribution is 6.04. The van der Waals surface area contributed by atoms with Crippen LogP contribution in [-0.4, -0.2) is 10.2 Å². The van der Waals surface area contributed by atoms with Gasteiger partial charge in [0.05, 0.1) is 11.4 Å². The molecule has 1 heterocycles. The Bertz CT molecular complexity index is 600. The monoisotopic (exact) mass is 225 g/mol. The Kier molecular flexibility index (Phi) is 2.05. The first kappa shape index (κ1) is 9.78. The summed E-state index contributed by atoms with van der Waals surface area (Å²) in [5.74, 6) is 0.516. The predicted octanol–water partition coefficient (Wildman–Crippen LogP) is 2.53. The lowest BCUT2D eigenvalue weighted by Gasteiger charge is -1.93. The molecule has 3 nitrogen and oxygen atoms in total. The number of hydrogen-bond acceptors (Lipinski definition) is 3. The fourth-order valence-corrected chi connectivity index (χ4v) is 1.82. The smallest absolute Gasteiger partial charge is 0.116 e. The van der Waals surface area contributed by atoms with Crippen molar-refractivity contribution in [2.45, 2.75) is 0 Å². The van der Waals surface area contributed by atoms with Crippen molar-refractivity contribution in [2.75, 3.05) is 0 Å². The molecule has 1 aliphatic rings. The molecule has 0 fully saturated rings. The van der Waals surface area contributed by atoms with Crippen LogP contribution in [0.3, 0.4) is 0 Å². The third-order valence-electron chi connectivity index (χ3n) is 2.73. The molecule has 0 bridgehead atoms. The third kappa shape index (κ3) is 1.83. The first-order valence-electron chi connectivity index (χ1n) is 5.34. The van der Waals surface area contributed by atoms with Crippen LogP contribution in [0.2, 0.25) is 0 Å². The lowest BCUT2D eigenvalue weighted by Crippen LogP contribution is -1.82. The van der Waals surface area contributed by atoms with E-state index in [1.165, 1.54) is 0 Å². The highest BCUT2D eigenvalue weighted by Crippen LogP contribution is 2.36. The molecule has 0 amide bonds. The van der Waals surface area contributed by atoms with Gasteiger partial charge in [-0.25, -0.2) is 0 Å². The van der Waals surface area contributed by atoms with Gasteiger partial charge in [-0.2, -0.15) is 0 Å². The van der Waals surface area contributed by atoms with Gasteiger partial charge in [-0.15, -0.1) is 0 Å². The molecule has 84 valence electrons. The van der Waals surface area contributed by atoms with Crippen molar-refractivity contribution in [3.63, 3.8) is 0 Å². The maximum atomic E-state index is 9.40. The number of phenolic OH excluding ortho intramolecular Hbond substituents is 2. The Labute approximate surface area is 98.7 Å². The van der Waals surface area contributed by atoms with E-state index in [0.717, 1.165) is 22.5 Å². The fourth-order valence-electron chi connectivity index (χ4n) is 1.82. The first-order valence-corrected chi connectivity index (χ1v) is 5.34. The molecule has 0 saturated carbocycles. The quantitative estimate of drug-likeness (QED) is 0.736. The van der Waals surface area contributed by atoms with Crippen molar-refractivity contribution in [2.24, 2.45) is 0 Å². The van der Waals surface area contributed by atoms with E-state index in [1.807, 2.05) is 24.3 Å². The second-order valence-corrected chi connectivity index (χ2v) is 3.97. The minimum Gasteiger partial charge on any atom is -0.508 e. The molecule has 3 rings (SSSR count). The normalized spacial score (nSPS) is 13.4. The van der Waals surface area contributed by atoms with E-state index in [0.29, 0.717) is 0 Å². The molecule has 17 heavy (non-hydrogen) atoms. The molecule has 0 aliphatic carbocycles. The zero-order valence-corrected chi connectivity index (χ0v) is 9.01. The molecule has 0 saturated heterocycles. The van der Waals surface area contributed by atoms with Crippen LogP contribution in [0, 0.1) is 0 Å². The van der Waals surface area contributed by atoms with E-state index in [-0.39, 0.29) is 11.5 Å². The molecular weight excluding hydrogens is 214 g/mol. The summed E-state index contributed by atoms with van der Waals surface area (Å²) in [6.45, 7) is 0. The van der Waals surface area contributed by atoms with E-state index in [2.05, 4.69) is 5.32 Å². The van der Waals surface area contributed by atoms with Gasteiger partial charge in [0.15, 0.2) is 0 Å². The van der Waals surface area contributed by atoms with Gasteiger partial charge in [-0.05, 0) is 36.4 Å². The van der Waals surface area contributed by atoms with E-state index >= 15 is 0 Å². The Morgan fingerprint density at radius 1 is 0.706 bits per heavy atom. The molecule has 0 aromatic heterocycles. The summed E-state index contributed by atoms with van der Waals surface area (Å²) >= 11 is 0. The molecule has 2 aromatic rings. The van der Waals surface area contributed by atoms with E-state index in [9.17, 15) is 10.2 Å². The van der Waals surface area contributed by atoms with Crippen LogP contribution in [0.5, 0.6) is 11.5 Å². The van der Waals surface area contributed by atoms with Crippen LogP contribution in [0.15, 0.2) is 48.5 Å². The molecule has 2 aromatic carbocycles. The average molecular weight is 225 g/mol. The van der Waals surface area contributed by atoms with Gasteiger partial charge in [0.2, 0.25) is 0 Å². The Morgan fingerprint density at radius 2 is 1.41 bits per heavy atom. The van der Waals surface area contributed by atoms with Crippen LogP contribution in [-0.2, 0) is 0 Å². The van der Waals surface area contributed by atoms with Crippen LogP contribution >= 0.6 is 0 Å². The van der Waals surface area contributed by atoms with Crippen LogP contribution < -0.4 is 5.32 Å². The predicted molar refractivity (Wildman–Crippen MR) is 66.2 cm³/mol. The summed E-state index contributed by atoms with van der Waals surface area (Å²) in [5, 5.41) is 21.8. The lowest BCUT2D eigenvalue weighted by molar-refractivity contribution is 0.474. The molecular formula is C14H11NO2. The van der Waals surface area contributed by atoms with Gasteiger partial charge in [0.1, 0.15) is 11.5 Å². The van der Waals surface area contributed by atoms with Crippen LogP contribution in [0.25, 0.3) is 11.4 Å². The van der Waals surface area contributed by atoms with Gasteiger partial charge in [-0.1, -0.05) is 12.1 Å². The number of aromatic hydroxyl groups is 2. The van der Waals surface area contributed by atoms with Crippen LogP contribution in [0.1, 0.15) is 11.1 Å². The van der Waals surface area contributed by atoms with Crippen molar-refractivity contribution in [3.8, 4) is 11.5 Å². The molecule has 3 N–H and O–H groups in total. The third-order valence-corrected chi connectivity index (χ3v) is 2.73. The van der Waals surface area contributed by atoms with Crippen molar-refractivity contribution < 1.29 is 10.2 Å². The average Bonchev–Trinajstić information content (AvgIpc) is 3.10. The fraction of sp³-hybridized carbons (Fsp3) is 0. The Hall–Kier alpha value is -2.42. The van der Waals surface area contributed by atoms with Gasteiger partial charge < -0.3 is 15.5 Å². The van der Waals surface area contributed by atoms with Crippen molar-refractivity contribution in [1.29, 1.82) is 0 Å². The molecule has 0 radical (unpaired) electrons. The highest BCUT2D eigenvalue weighted by Gasteiger charge is 2.23. The van der Waals surface area contributed by atoms with Gasteiger partial charge in [0, 0.05) is 11.1 Å². The van der Waals surface area contributed by atoms with Crippen molar-refractivity contribution in [3.05, 3.63) is 59.7 Å². The van der Waals surface area contributed by atoms with E-state index < -0.39 is 0 Å². The van der Waals surface area contributed by atoms with Gasteiger partial charge >= 0.3 is 0 Å². The van der Waals surface area contributed by atoms with Crippen molar-refractivity contribution >= 4 is 11.4 Å². The van der Waals surface area contributed by atoms with E-state index in [1.54, 1.807) is 24.3 Å². The molecule has 1 aliphatic heterocycles. The number of benzene rings is 2. The second kappa shape index (κ2) is 3.56. The maximum absolute atomic E-state index is 9.40. The largest absolute Gasteiger partial charge is 0.508 e. The van der Waals surface area contributed by atoms with Gasteiger partial charge in [0.25, 0.3) is 0 Å². The standard InChI is InChI=1S/C14H11NO2/c16-11-6-4-9(5-7-11)13-14(15-13)10-2-1-3-12(17)8-10/h1-8,15-17H. The van der Waals surface area contributed by atoms with Crippen molar-refractivity contribution in [1.82, 2.24) is 5.32 Å². The topological polar surface area (TPSA) is 62.4 Å². The Morgan fingerprint density at radius 3 is 2.12 bits per heavy atom. The molecule has 0 spiro atoms. The maximum Gasteiger partial charge on any atom is 0.116 e. The minimum absolute atomic E-state index is 0.258. The Balaban J connectivity index is 1.95. The zero-order valence-electron chi connectivity index (χ0n) is 9.01.